The van der Waals surface area contributed by atoms with Crippen LogP contribution in [0.25, 0.3) is 22.5 Å². The van der Waals surface area contributed by atoms with Gasteiger partial charge in [-0.05, 0) is 67.3 Å². The number of non-ortho nitro benzene ring substituents is 1. The molecule has 11 nitrogen and oxygen atoms in total. The lowest BCUT2D eigenvalue weighted by Gasteiger charge is -2.20. The second kappa shape index (κ2) is 13.1. The Balaban J connectivity index is 1.49. The Bertz CT molecular complexity index is 2040. The lowest BCUT2D eigenvalue weighted by Crippen LogP contribution is -2.20. The van der Waals surface area contributed by atoms with Crippen LogP contribution in [0.1, 0.15) is 46.2 Å². The fraction of sp³-hybridized carbons (Fsp3) is 0.167. The molecule has 0 saturated carbocycles. The second-order valence-electron chi connectivity index (χ2n) is 11.3. The van der Waals surface area contributed by atoms with Crippen LogP contribution >= 0.6 is 0 Å². The van der Waals surface area contributed by atoms with Gasteiger partial charge < -0.3 is 9.47 Å². The molecule has 47 heavy (non-hydrogen) atoms. The molecule has 4 N–H and O–H groups in total. The maximum Gasteiger partial charge on any atom is 0.269 e. The molecule has 2 aromatic heterocycles. The van der Waals surface area contributed by atoms with Gasteiger partial charge in [0.2, 0.25) is 0 Å². The average molecular weight is 632 g/mol. The number of nitrogens with one attached hydrogen (secondary N) is 4. The molecule has 0 saturated heterocycles. The van der Waals surface area contributed by atoms with Crippen molar-refractivity contribution in [3.63, 3.8) is 0 Å². The van der Waals surface area contributed by atoms with E-state index in [1.54, 1.807) is 24.3 Å². The van der Waals surface area contributed by atoms with Crippen molar-refractivity contribution < 1.29 is 14.4 Å². The number of aromatic amines is 4. The molecule has 0 spiro atoms. The van der Waals surface area contributed by atoms with Gasteiger partial charge in [-0.3, -0.25) is 40.1 Å². The van der Waals surface area contributed by atoms with E-state index >= 15 is 0 Å². The standard InChI is InChI=1S/C36H33N5O6/c1-4-46-29-19-26(15-18-28(29)47-20-23-9-16-27(17-10-23)41(44)45)30(31-33(37-39-35(31)42)24-11-5-21(2)6-12-24)32-34(38-40-36(32)43)25-13-7-22(3)8-14-25/h5-19,30H,4,20H2,1-3H3,(H2,37,39,42)(H2,38,40,43). The van der Waals surface area contributed by atoms with E-state index < -0.39 is 10.8 Å². The van der Waals surface area contributed by atoms with E-state index in [1.807, 2.05) is 75.4 Å². The maximum atomic E-state index is 13.7. The topological polar surface area (TPSA) is 159 Å². The predicted octanol–water partition coefficient (Wildman–Crippen LogP) is 6.74. The second-order valence-corrected chi connectivity index (χ2v) is 11.3. The van der Waals surface area contributed by atoms with Gasteiger partial charge in [0.15, 0.2) is 11.5 Å². The van der Waals surface area contributed by atoms with Crippen molar-refractivity contribution in [2.45, 2.75) is 33.3 Å². The fourth-order valence-corrected chi connectivity index (χ4v) is 5.63. The van der Waals surface area contributed by atoms with Gasteiger partial charge in [-0.1, -0.05) is 65.7 Å². The number of hydrogen-bond acceptors (Lipinski definition) is 6. The zero-order valence-corrected chi connectivity index (χ0v) is 26.0. The molecule has 6 rings (SSSR count). The molecule has 0 aliphatic rings. The summed E-state index contributed by atoms with van der Waals surface area (Å²) < 4.78 is 12.1. The van der Waals surface area contributed by atoms with E-state index in [1.165, 1.54) is 12.1 Å². The number of H-pyrrole nitrogens is 4. The third-order valence-electron chi connectivity index (χ3n) is 8.03. The largest absolute Gasteiger partial charge is 0.490 e. The van der Waals surface area contributed by atoms with Gasteiger partial charge in [0.05, 0.1) is 34.0 Å². The van der Waals surface area contributed by atoms with Crippen molar-refractivity contribution in [2.75, 3.05) is 6.61 Å². The Hall–Kier alpha value is -6.10. The van der Waals surface area contributed by atoms with Crippen molar-refractivity contribution in [1.29, 1.82) is 0 Å². The zero-order valence-electron chi connectivity index (χ0n) is 26.0. The number of ether oxygens (including phenoxy) is 2. The van der Waals surface area contributed by atoms with Crippen LogP contribution in [-0.2, 0) is 6.61 Å². The van der Waals surface area contributed by atoms with Gasteiger partial charge in [-0.2, -0.15) is 0 Å². The SMILES string of the molecule is CCOc1cc(C(c2c(-c3ccc(C)cc3)[nH][nH]c2=O)c2c(-c3ccc(C)cc3)[nH][nH]c2=O)ccc1OCc1ccc([N+](=O)[O-])cc1. The van der Waals surface area contributed by atoms with Crippen LogP contribution in [-0.4, -0.2) is 31.9 Å². The molecule has 0 atom stereocenters. The summed E-state index contributed by atoms with van der Waals surface area (Å²) >= 11 is 0. The number of benzene rings is 4. The quantitative estimate of drug-likeness (QED) is 0.0916. The highest BCUT2D eigenvalue weighted by atomic mass is 16.6. The van der Waals surface area contributed by atoms with Gasteiger partial charge in [-0.25, -0.2) is 0 Å². The molecule has 2 heterocycles. The van der Waals surface area contributed by atoms with Crippen LogP contribution in [0.5, 0.6) is 11.5 Å². The normalized spacial score (nSPS) is 11.1. The summed E-state index contributed by atoms with van der Waals surface area (Å²) in [6.45, 7) is 6.30. The minimum Gasteiger partial charge on any atom is -0.490 e. The van der Waals surface area contributed by atoms with Crippen molar-refractivity contribution >= 4 is 5.69 Å². The molecule has 0 amide bonds. The molecule has 0 bridgehead atoms. The molecule has 0 unspecified atom stereocenters. The Morgan fingerprint density at radius 2 is 1.21 bits per heavy atom. The van der Waals surface area contributed by atoms with Gasteiger partial charge in [0.25, 0.3) is 16.8 Å². The highest BCUT2D eigenvalue weighted by Crippen LogP contribution is 2.41. The monoisotopic (exact) mass is 631 g/mol. The lowest BCUT2D eigenvalue weighted by atomic mass is 9.83. The number of aromatic nitrogens is 4. The molecule has 0 aliphatic carbocycles. The number of nitro benzene ring substituents is 1. The van der Waals surface area contributed by atoms with Gasteiger partial charge >= 0.3 is 0 Å². The van der Waals surface area contributed by atoms with Crippen molar-refractivity contribution in [1.82, 2.24) is 20.4 Å². The first kappa shape index (κ1) is 30.9. The molecule has 4 aromatic carbocycles. The summed E-state index contributed by atoms with van der Waals surface area (Å²) in [6, 6.07) is 27.0. The van der Waals surface area contributed by atoms with Crippen LogP contribution < -0.4 is 20.6 Å². The van der Waals surface area contributed by atoms with E-state index in [4.69, 9.17) is 9.47 Å². The van der Waals surface area contributed by atoms with E-state index in [0.717, 1.165) is 27.8 Å². The minimum absolute atomic E-state index is 0.00588. The number of nitrogens with zero attached hydrogens (tertiary/aromatic N) is 1. The summed E-state index contributed by atoms with van der Waals surface area (Å²) in [5.41, 5.74) is 6.21. The molecular formula is C36H33N5O6. The summed E-state index contributed by atoms with van der Waals surface area (Å²) in [5, 5.41) is 22.6. The molecule has 238 valence electrons. The average Bonchev–Trinajstić information content (AvgIpc) is 3.64. The minimum atomic E-state index is -0.824. The Morgan fingerprint density at radius 3 is 1.70 bits per heavy atom. The summed E-state index contributed by atoms with van der Waals surface area (Å²) in [6.07, 6.45) is 0. The van der Waals surface area contributed by atoms with E-state index in [0.29, 0.717) is 46.2 Å². The number of nitro groups is 1. The van der Waals surface area contributed by atoms with Crippen LogP contribution in [0.4, 0.5) is 5.69 Å². The first-order valence-electron chi connectivity index (χ1n) is 15.1. The highest BCUT2D eigenvalue weighted by molar-refractivity contribution is 5.71. The van der Waals surface area contributed by atoms with Crippen molar-refractivity contribution in [3.05, 3.63) is 155 Å². The highest BCUT2D eigenvalue weighted by Gasteiger charge is 2.32. The number of aryl methyl sites for hydroxylation is 2. The molecular weight excluding hydrogens is 598 g/mol. The third kappa shape index (κ3) is 6.36. The summed E-state index contributed by atoms with van der Waals surface area (Å²) in [5.74, 6) is 0.0383. The van der Waals surface area contributed by atoms with Gasteiger partial charge in [0.1, 0.15) is 6.61 Å². The lowest BCUT2D eigenvalue weighted by molar-refractivity contribution is -0.384. The molecule has 0 radical (unpaired) electrons. The third-order valence-corrected chi connectivity index (χ3v) is 8.03. The first-order valence-corrected chi connectivity index (χ1v) is 15.1. The van der Waals surface area contributed by atoms with Crippen molar-refractivity contribution in [3.8, 4) is 34.0 Å². The molecule has 11 heteroatoms. The number of rotatable bonds is 11. The summed E-state index contributed by atoms with van der Waals surface area (Å²) in [4.78, 5) is 38.0. The molecule has 0 aliphatic heterocycles. The van der Waals surface area contributed by atoms with Crippen LogP contribution in [0.3, 0.4) is 0 Å². The predicted molar refractivity (Wildman–Crippen MR) is 179 cm³/mol. The van der Waals surface area contributed by atoms with Crippen LogP contribution in [0.15, 0.2) is 101 Å². The van der Waals surface area contributed by atoms with E-state index in [9.17, 15) is 19.7 Å². The first-order chi connectivity index (χ1) is 22.7. The molecule has 0 fully saturated rings. The fourth-order valence-electron chi connectivity index (χ4n) is 5.63. The van der Waals surface area contributed by atoms with E-state index in [-0.39, 0.29) is 23.4 Å². The zero-order chi connectivity index (χ0) is 33.1. The Labute approximate surface area is 269 Å². The van der Waals surface area contributed by atoms with Gasteiger partial charge in [-0.15, -0.1) is 0 Å². The van der Waals surface area contributed by atoms with Gasteiger partial charge in [0, 0.05) is 18.1 Å². The molecule has 6 aromatic rings. The summed E-state index contributed by atoms with van der Waals surface area (Å²) in [7, 11) is 0. The van der Waals surface area contributed by atoms with Crippen LogP contribution in [0, 0.1) is 24.0 Å². The van der Waals surface area contributed by atoms with Crippen molar-refractivity contribution in [2.24, 2.45) is 0 Å². The smallest absolute Gasteiger partial charge is 0.269 e. The Morgan fingerprint density at radius 1 is 0.681 bits per heavy atom. The number of hydrogen-bond donors (Lipinski definition) is 4. The van der Waals surface area contributed by atoms with E-state index in [2.05, 4.69) is 20.4 Å². The Kier molecular flexibility index (Phi) is 8.61. The van der Waals surface area contributed by atoms with Crippen LogP contribution in [0.2, 0.25) is 0 Å². The maximum absolute atomic E-state index is 13.7.